The van der Waals surface area contributed by atoms with Gasteiger partial charge in [-0.1, -0.05) is 176 Å². The first kappa shape index (κ1) is 31.5. The van der Waals surface area contributed by atoms with Gasteiger partial charge in [-0.25, -0.2) is 4.98 Å². The molecule has 0 saturated heterocycles. The fraction of sp³-hybridized carbons (Fsp3) is 0.0185. The molecule has 9 aromatic carbocycles. The van der Waals surface area contributed by atoms with Crippen LogP contribution in [0.25, 0.3) is 94.3 Å². The molecule has 0 aliphatic heterocycles. The van der Waals surface area contributed by atoms with Crippen molar-refractivity contribution in [3.8, 4) is 51.0 Å². The number of benzene rings is 9. The summed E-state index contributed by atoms with van der Waals surface area (Å²) in [7, 11) is 0. The Kier molecular flexibility index (Phi) is 6.34. The van der Waals surface area contributed by atoms with Crippen molar-refractivity contribution in [2.75, 3.05) is 0 Å². The molecule has 1 spiro atoms. The van der Waals surface area contributed by atoms with Crippen molar-refractivity contribution in [1.29, 1.82) is 0 Å². The maximum absolute atomic E-state index is 5.41. The minimum atomic E-state index is -0.530. The van der Waals surface area contributed by atoms with Gasteiger partial charge in [0.2, 0.25) is 5.95 Å². The van der Waals surface area contributed by atoms with Crippen molar-refractivity contribution < 1.29 is 0 Å². The molecule has 0 unspecified atom stereocenters. The number of hydrogen-bond donors (Lipinski definition) is 0. The summed E-state index contributed by atoms with van der Waals surface area (Å²) >= 11 is 0. The maximum atomic E-state index is 5.41. The van der Waals surface area contributed by atoms with E-state index in [-0.39, 0.29) is 0 Å². The van der Waals surface area contributed by atoms with Crippen LogP contribution in [0.4, 0.5) is 0 Å². The highest BCUT2D eigenvalue weighted by atomic mass is 15.2. The summed E-state index contributed by atoms with van der Waals surface area (Å²) in [4.78, 5) is 15.9. The van der Waals surface area contributed by atoms with E-state index in [0.717, 1.165) is 27.5 Å². The number of rotatable bonds is 4. The van der Waals surface area contributed by atoms with E-state index in [0.29, 0.717) is 17.6 Å². The van der Waals surface area contributed by atoms with Crippen LogP contribution in [-0.4, -0.2) is 19.5 Å². The average Bonchev–Trinajstić information content (AvgIpc) is 3.79. The summed E-state index contributed by atoms with van der Waals surface area (Å²) in [6.07, 6.45) is 0. The Labute approximate surface area is 334 Å². The summed E-state index contributed by atoms with van der Waals surface area (Å²) in [5.41, 5.74) is 13.7. The van der Waals surface area contributed by atoms with Crippen LogP contribution in [0.3, 0.4) is 0 Å². The molecule has 0 N–H and O–H groups in total. The van der Waals surface area contributed by atoms with Crippen LogP contribution in [0.2, 0.25) is 0 Å². The first-order valence-electron chi connectivity index (χ1n) is 19.9. The van der Waals surface area contributed by atoms with Crippen LogP contribution in [0.1, 0.15) is 22.3 Å². The first-order chi connectivity index (χ1) is 28.8. The highest BCUT2D eigenvalue weighted by Gasteiger charge is 2.50. The van der Waals surface area contributed by atoms with Gasteiger partial charge in [0, 0.05) is 21.9 Å². The molecule has 58 heavy (non-hydrogen) atoms. The normalized spacial score (nSPS) is 13.3. The van der Waals surface area contributed by atoms with Crippen LogP contribution < -0.4 is 0 Å². The summed E-state index contributed by atoms with van der Waals surface area (Å²) < 4.78 is 2.31. The molecule has 0 atom stereocenters. The van der Waals surface area contributed by atoms with Crippen molar-refractivity contribution in [3.63, 3.8) is 0 Å². The van der Waals surface area contributed by atoms with Crippen molar-refractivity contribution in [2.24, 2.45) is 0 Å². The molecule has 2 heterocycles. The SMILES string of the molecule is c1ccc(-c2nc(-c3ccc4ccccc4c3)nc(-n3c4cccc5c4c4c6c(cccc6c(-c6ccccc6)cc43)C53c4ccccc4-c4ccccc43)n2)cc1. The Morgan fingerprint density at radius 2 is 0.931 bits per heavy atom. The summed E-state index contributed by atoms with van der Waals surface area (Å²) in [5.74, 6) is 1.86. The van der Waals surface area contributed by atoms with Gasteiger partial charge < -0.3 is 0 Å². The highest BCUT2D eigenvalue weighted by molar-refractivity contribution is 6.28. The topological polar surface area (TPSA) is 43.6 Å². The minimum absolute atomic E-state index is 0.530. The van der Waals surface area contributed by atoms with Crippen molar-refractivity contribution >= 4 is 43.4 Å². The lowest BCUT2D eigenvalue weighted by molar-refractivity contribution is 0.783. The minimum Gasteiger partial charge on any atom is -0.278 e. The van der Waals surface area contributed by atoms with E-state index in [9.17, 15) is 0 Å². The first-order valence-corrected chi connectivity index (χ1v) is 19.9. The molecular formula is C54H32N4. The van der Waals surface area contributed by atoms with Gasteiger partial charge in [-0.3, -0.25) is 4.57 Å². The molecule has 268 valence electrons. The summed E-state index contributed by atoms with van der Waals surface area (Å²) in [6.45, 7) is 0. The van der Waals surface area contributed by atoms with Crippen LogP contribution in [-0.2, 0) is 5.41 Å². The van der Waals surface area contributed by atoms with Gasteiger partial charge in [-0.15, -0.1) is 0 Å². The Bertz CT molecular complexity index is 3460. The molecule has 0 saturated carbocycles. The summed E-state index contributed by atoms with van der Waals surface area (Å²) in [6, 6.07) is 70.2. The molecule has 2 aromatic heterocycles. The van der Waals surface area contributed by atoms with E-state index in [1.54, 1.807) is 0 Å². The molecule has 4 heteroatoms. The lowest BCUT2D eigenvalue weighted by atomic mass is 9.63. The van der Waals surface area contributed by atoms with Gasteiger partial charge in [0.15, 0.2) is 11.6 Å². The Hall–Kier alpha value is -7.69. The molecule has 2 aliphatic carbocycles. The molecule has 4 nitrogen and oxygen atoms in total. The fourth-order valence-corrected chi connectivity index (χ4v) is 10.3. The van der Waals surface area contributed by atoms with E-state index in [1.165, 1.54) is 71.4 Å². The lowest BCUT2D eigenvalue weighted by Gasteiger charge is -2.38. The number of fused-ring (bicyclic) bond motifs is 8. The quantitative estimate of drug-likeness (QED) is 0.181. The molecule has 0 amide bonds. The van der Waals surface area contributed by atoms with Crippen molar-refractivity contribution in [1.82, 2.24) is 19.5 Å². The second kappa shape index (κ2) is 11.7. The van der Waals surface area contributed by atoms with E-state index in [4.69, 9.17) is 15.0 Å². The highest BCUT2D eigenvalue weighted by Crippen LogP contribution is 2.62. The third kappa shape index (κ3) is 4.10. The third-order valence-electron chi connectivity index (χ3n) is 12.6. The van der Waals surface area contributed by atoms with E-state index >= 15 is 0 Å². The number of hydrogen-bond acceptors (Lipinski definition) is 3. The fourth-order valence-electron chi connectivity index (χ4n) is 10.3. The third-order valence-corrected chi connectivity index (χ3v) is 12.6. The maximum Gasteiger partial charge on any atom is 0.238 e. The molecular weight excluding hydrogens is 705 g/mol. The van der Waals surface area contributed by atoms with Crippen LogP contribution >= 0.6 is 0 Å². The molecule has 0 radical (unpaired) electrons. The van der Waals surface area contributed by atoms with E-state index in [2.05, 4.69) is 180 Å². The van der Waals surface area contributed by atoms with Gasteiger partial charge in [-0.05, 0) is 84.3 Å². The Morgan fingerprint density at radius 3 is 1.67 bits per heavy atom. The lowest BCUT2D eigenvalue weighted by Crippen LogP contribution is -2.30. The Morgan fingerprint density at radius 1 is 0.345 bits per heavy atom. The van der Waals surface area contributed by atoms with E-state index in [1.807, 2.05) is 18.2 Å². The zero-order valence-electron chi connectivity index (χ0n) is 31.3. The second-order valence-electron chi connectivity index (χ2n) is 15.5. The zero-order valence-corrected chi connectivity index (χ0v) is 31.3. The van der Waals surface area contributed by atoms with Gasteiger partial charge >= 0.3 is 0 Å². The predicted octanol–water partition coefficient (Wildman–Crippen LogP) is 13.0. The van der Waals surface area contributed by atoms with Gasteiger partial charge in [0.05, 0.1) is 16.4 Å². The zero-order chi connectivity index (χ0) is 38.0. The van der Waals surface area contributed by atoms with Crippen LogP contribution in [0.5, 0.6) is 0 Å². The van der Waals surface area contributed by atoms with Gasteiger partial charge in [-0.2, -0.15) is 9.97 Å². The second-order valence-corrected chi connectivity index (χ2v) is 15.5. The number of aromatic nitrogens is 4. The predicted molar refractivity (Wildman–Crippen MR) is 236 cm³/mol. The summed E-state index contributed by atoms with van der Waals surface area (Å²) in [5, 5.41) is 7.31. The van der Waals surface area contributed by atoms with Gasteiger partial charge in [0.1, 0.15) is 0 Å². The molecule has 13 rings (SSSR count). The van der Waals surface area contributed by atoms with Crippen LogP contribution in [0, 0.1) is 0 Å². The standard InChI is InChI=1S/C54H32N4/c1-3-16-34(17-4-1)41-32-47-50-48-40(41)23-13-26-44(48)54(42-24-11-9-21-38(42)39-22-10-12-25-43(39)54)45-27-14-28-46(49(45)50)58(47)53-56-51(35-18-5-2-6-19-35)55-52(57-53)37-30-29-33-15-7-8-20-36(33)31-37/h1-32H. The Balaban J connectivity index is 1.21. The number of nitrogens with zero attached hydrogens (tertiary/aromatic N) is 4. The largest absolute Gasteiger partial charge is 0.278 e. The molecule has 0 fully saturated rings. The molecule has 2 aliphatic rings. The molecule has 11 aromatic rings. The smallest absolute Gasteiger partial charge is 0.238 e. The van der Waals surface area contributed by atoms with Gasteiger partial charge in [0.25, 0.3) is 0 Å². The molecule has 0 bridgehead atoms. The van der Waals surface area contributed by atoms with Crippen LogP contribution in [0.15, 0.2) is 194 Å². The monoisotopic (exact) mass is 736 g/mol. The van der Waals surface area contributed by atoms with Crippen molar-refractivity contribution in [3.05, 3.63) is 216 Å². The average molecular weight is 737 g/mol. The van der Waals surface area contributed by atoms with E-state index < -0.39 is 5.41 Å². The van der Waals surface area contributed by atoms with Crippen molar-refractivity contribution in [2.45, 2.75) is 5.41 Å².